The Balaban J connectivity index is 1.58. The Kier molecular flexibility index (Phi) is 3.92. The zero-order valence-corrected chi connectivity index (χ0v) is 11.7. The van der Waals surface area contributed by atoms with E-state index >= 15 is 0 Å². The number of aliphatic hydroxyl groups is 1. The molecule has 3 fully saturated rings. The Hall–Kier alpha value is -0.120. The van der Waals surface area contributed by atoms with Crippen molar-refractivity contribution in [2.45, 2.75) is 63.6 Å². The maximum Gasteiger partial charge on any atom is 0.0580 e. The monoisotopic (exact) mass is 252 g/mol. The highest BCUT2D eigenvalue weighted by Gasteiger charge is 2.36. The predicted octanol–water partition coefficient (Wildman–Crippen LogP) is 1.71. The van der Waals surface area contributed by atoms with Crippen molar-refractivity contribution in [1.82, 2.24) is 9.80 Å². The van der Waals surface area contributed by atoms with Crippen molar-refractivity contribution in [3.05, 3.63) is 0 Å². The highest BCUT2D eigenvalue weighted by Crippen LogP contribution is 2.29. The minimum Gasteiger partial charge on any atom is -0.393 e. The zero-order chi connectivity index (χ0) is 12.5. The third kappa shape index (κ3) is 2.59. The molecule has 0 spiro atoms. The highest BCUT2D eigenvalue weighted by molar-refractivity contribution is 4.92. The number of hydrogen-bond acceptors (Lipinski definition) is 3. The lowest BCUT2D eigenvalue weighted by Gasteiger charge is -2.44. The number of hydrogen-bond donors (Lipinski definition) is 1. The van der Waals surface area contributed by atoms with Gasteiger partial charge in [0.15, 0.2) is 0 Å². The molecular weight excluding hydrogens is 224 g/mol. The molecule has 0 aromatic carbocycles. The molecule has 1 saturated carbocycles. The first-order valence-electron chi connectivity index (χ1n) is 7.90. The molecule has 1 N–H and O–H groups in total. The molecular formula is C15H28N2O. The van der Waals surface area contributed by atoms with Crippen molar-refractivity contribution in [1.29, 1.82) is 0 Å². The normalized spacial score (nSPS) is 43.0. The molecule has 0 bridgehead atoms. The predicted molar refractivity (Wildman–Crippen MR) is 73.6 cm³/mol. The van der Waals surface area contributed by atoms with Crippen LogP contribution in [0.2, 0.25) is 0 Å². The summed E-state index contributed by atoms with van der Waals surface area (Å²) in [4.78, 5) is 5.34. The van der Waals surface area contributed by atoms with Crippen LogP contribution in [0.3, 0.4) is 0 Å². The summed E-state index contributed by atoms with van der Waals surface area (Å²) in [6.07, 6.45) is 7.55. The van der Waals surface area contributed by atoms with Gasteiger partial charge >= 0.3 is 0 Å². The standard InChI is InChI=1S/C15H28N2O/c1-12-9-16-8-4-6-14(16)11-17(12)10-13-5-2-3-7-15(13)18/h12-15,18H,2-11H2,1H3. The van der Waals surface area contributed by atoms with Gasteiger partial charge in [0.05, 0.1) is 6.10 Å². The number of fused-ring (bicyclic) bond motifs is 1. The molecule has 0 aromatic heterocycles. The third-order valence-electron chi connectivity index (χ3n) is 5.40. The molecule has 4 unspecified atom stereocenters. The maximum absolute atomic E-state index is 10.1. The maximum atomic E-state index is 10.1. The van der Waals surface area contributed by atoms with E-state index in [9.17, 15) is 5.11 Å². The number of nitrogens with zero attached hydrogens (tertiary/aromatic N) is 2. The Labute approximate surface area is 111 Å². The van der Waals surface area contributed by atoms with E-state index in [1.807, 2.05) is 0 Å². The van der Waals surface area contributed by atoms with Gasteiger partial charge in [0, 0.05) is 31.7 Å². The van der Waals surface area contributed by atoms with Gasteiger partial charge in [0.2, 0.25) is 0 Å². The fourth-order valence-corrected chi connectivity index (χ4v) is 4.20. The Bertz CT molecular complexity index is 284. The summed E-state index contributed by atoms with van der Waals surface area (Å²) in [5, 5.41) is 10.1. The zero-order valence-electron chi connectivity index (χ0n) is 11.7. The van der Waals surface area contributed by atoms with Crippen molar-refractivity contribution in [3.63, 3.8) is 0 Å². The minimum absolute atomic E-state index is 0.0347. The van der Waals surface area contributed by atoms with E-state index in [0.717, 1.165) is 19.0 Å². The molecule has 2 saturated heterocycles. The molecule has 3 heteroatoms. The summed E-state index contributed by atoms with van der Waals surface area (Å²) in [5.74, 6) is 0.536. The van der Waals surface area contributed by atoms with Gasteiger partial charge in [-0.15, -0.1) is 0 Å². The van der Waals surface area contributed by atoms with Gasteiger partial charge < -0.3 is 5.11 Å². The topological polar surface area (TPSA) is 26.7 Å². The van der Waals surface area contributed by atoms with E-state index in [0.29, 0.717) is 12.0 Å². The Morgan fingerprint density at radius 2 is 1.89 bits per heavy atom. The first-order chi connectivity index (χ1) is 8.74. The second-order valence-electron chi connectivity index (χ2n) is 6.71. The van der Waals surface area contributed by atoms with Gasteiger partial charge in [-0.2, -0.15) is 0 Å². The van der Waals surface area contributed by atoms with Crippen LogP contribution in [0, 0.1) is 5.92 Å². The van der Waals surface area contributed by atoms with Crippen LogP contribution in [0.4, 0.5) is 0 Å². The molecule has 18 heavy (non-hydrogen) atoms. The lowest BCUT2D eigenvalue weighted by molar-refractivity contribution is 0.00437. The van der Waals surface area contributed by atoms with Crippen molar-refractivity contribution < 1.29 is 5.11 Å². The van der Waals surface area contributed by atoms with Gasteiger partial charge in [-0.1, -0.05) is 12.8 Å². The van der Waals surface area contributed by atoms with Crippen LogP contribution in [0.25, 0.3) is 0 Å². The molecule has 104 valence electrons. The molecule has 0 radical (unpaired) electrons. The highest BCUT2D eigenvalue weighted by atomic mass is 16.3. The molecule has 3 aliphatic rings. The number of aliphatic hydroxyl groups excluding tert-OH is 1. The van der Waals surface area contributed by atoms with E-state index in [1.54, 1.807) is 0 Å². The molecule has 0 aromatic rings. The quantitative estimate of drug-likeness (QED) is 0.810. The van der Waals surface area contributed by atoms with Gasteiger partial charge in [0.1, 0.15) is 0 Å². The molecule has 2 aliphatic heterocycles. The van der Waals surface area contributed by atoms with E-state index in [-0.39, 0.29) is 6.10 Å². The summed E-state index contributed by atoms with van der Waals surface area (Å²) < 4.78 is 0. The molecule has 3 nitrogen and oxygen atoms in total. The van der Waals surface area contributed by atoms with E-state index in [4.69, 9.17) is 0 Å². The second-order valence-corrected chi connectivity index (χ2v) is 6.71. The van der Waals surface area contributed by atoms with Gasteiger partial charge in [-0.25, -0.2) is 0 Å². The largest absolute Gasteiger partial charge is 0.393 e. The lowest BCUT2D eigenvalue weighted by Crippen LogP contribution is -2.56. The van der Waals surface area contributed by atoms with Crippen LogP contribution in [0.1, 0.15) is 45.4 Å². The molecule has 3 rings (SSSR count). The summed E-state index contributed by atoms with van der Waals surface area (Å²) in [7, 11) is 0. The fraction of sp³-hybridized carbons (Fsp3) is 1.00. The number of rotatable bonds is 2. The average molecular weight is 252 g/mol. The molecule has 2 heterocycles. The summed E-state index contributed by atoms with van der Waals surface area (Å²) in [6, 6.07) is 1.48. The number of piperazine rings is 1. The summed E-state index contributed by atoms with van der Waals surface area (Å²) in [6.45, 7) is 7.29. The van der Waals surface area contributed by atoms with Crippen LogP contribution in [0.5, 0.6) is 0 Å². The van der Waals surface area contributed by atoms with Crippen molar-refractivity contribution in [2.75, 3.05) is 26.2 Å². The Morgan fingerprint density at radius 1 is 1.06 bits per heavy atom. The van der Waals surface area contributed by atoms with Crippen LogP contribution in [-0.2, 0) is 0 Å². The van der Waals surface area contributed by atoms with E-state index in [1.165, 1.54) is 51.7 Å². The fourth-order valence-electron chi connectivity index (χ4n) is 4.20. The Morgan fingerprint density at radius 3 is 2.72 bits per heavy atom. The van der Waals surface area contributed by atoms with Crippen LogP contribution in [-0.4, -0.2) is 59.3 Å². The van der Waals surface area contributed by atoms with Gasteiger partial charge in [-0.05, 0) is 45.1 Å². The smallest absolute Gasteiger partial charge is 0.0580 e. The van der Waals surface area contributed by atoms with Gasteiger partial charge in [-0.3, -0.25) is 9.80 Å². The van der Waals surface area contributed by atoms with Crippen LogP contribution < -0.4 is 0 Å². The van der Waals surface area contributed by atoms with Crippen molar-refractivity contribution in [2.24, 2.45) is 5.92 Å². The van der Waals surface area contributed by atoms with Crippen LogP contribution in [0.15, 0.2) is 0 Å². The average Bonchev–Trinajstić information content (AvgIpc) is 2.79. The van der Waals surface area contributed by atoms with E-state index < -0.39 is 0 Å². The molecule has 0 amide bonds. The third-order valence-corrected chi connectivity index (χ3v) is 5.40. The summed E-state index contributed by atoms with van der Waals surface area (Å²) in [5.41, 5.74) is 0. The first kappa shape index (κ1) is 12.9. The molecule has 4 atom stereocenters. The summed E-state index contributed by atoms with van der Waals surface area (Å²) >= 11 is 0. The van der Waals surface area contributed by atoms with Crippen LogP contribution >= 0.6 is 0 Å². The lowest BCUT2D eigenvalue weighted by atomic mass is 9.85. The van der Waals surface area contributed by atoms with Crippen molar-refractivity contribution >= 4 is 0 Å². The minimum atomic E-state index is -0.0347. The SMILES string of the molecule is CC1CN2CCCC2CN1CC1CCCCC1O. The van der Waals surface area contributed by atoms with Gasteiger partial charge in [0.25, 0.3) is 0 Å². The molecule has 1 aliphatic carbocycles. The van der Waals surface area contributed by atoms with Crippen molar-refractivity contribution in [3.8, 4) is 0 Å². The van der Waals surface area contributed by atoms with E-state index in [2.05, 4.69) is 16.7 Å². The second kappa shape index (κ2) is 5.48. The first-order valence-corrected chi connectivity index (χ1v) is 7.90.